The third kappa shape index (κ3) is 3.76. The molecule has 0 radical (unpaired) electrons. The van der Waals surface area contributed by atoms with Gasteiger partial charge in [-0.15, -0.1) is 0 Å². The van der Waals surface area contributed by atoms with E-state index in [-0.39, 0.29) is 0 Å². The molecule has 2 aromatic carbocycles. The predicted octanol–water partition coefficient (Wildman–Crippen LogP) is 5.05. The van der Waals surface area contributed by atoms with Gasteiger partial charge in [-0.25, -0.2) is 0 Å². The number of benzene rings is 2. The fourth-order valence-electron chi connectivity index (χ4n) is 3.74. The van der Waals surface area contributed by atoms with E-state index < -0.39 is 0 Å². The van der Waals surface area contributed by atoms with E-state index in [9.17, 15) is 0 Å². The number of nitrogens with one attached hydrogen (secondary N) is 1. The van der Waals surface area contributed by atoms with Crippen molar-refractivity contribution >= 4 is 5.57 Å². The van der Waals surface area contributed by atoms with Crippen molar-refractivity contribution in [3.05, 3.63) is 95.8 Å². The molecule has 0 fully saturated rings. The quantitative estimate of drug-likeness (QED) is 0.719. The Bertz CT molecular complexity index is 912. The van der Waals surface area contributed by atoms with Crippen molar-refractivity contribution in [1.29, 1.82) is 0 Å². The summed E-state index contributed by atoms with van der Waals surface area (Å²) in [5.41, 5.74) is 7.89. The number of aryl methyl sites for hydroxylation is 1. The Kier molecular flexibility index (Phi) is 4.94. The van der Waals surface area contributed by atoms with E-state index >= 15 is 0 Å². The van der Waals surface area contributed by atoms with Crippen LogP contribution in [0.5, 0.6) is 0 Å². The molecule has 26 heavy (non-hydrogen) atoms. The summed E-state index contributed by atoms with van der Waals surface area (Å²) >= 11 is 0. The molecule has 0 aliphatic carbocycles. The second-order valence-electron chi connectivity index (χ2n) is 7.01. The number of hydrogen-bond acceptors (Lipinski definition) is 2. The molecule has 2 heterocycles. The molecule has 1 aliphatic rings. The molecule has 1 unspecified atom stereocenters. The van der Waals surface area contributed by atoms with Crippen molar-refractivity contribution in [2.45, 2.75) is 25.8 Å². The lowest BCUT2D eigenvalue weighted by molar-refractivity contribution is 0.532. The Hall–Kier alpha value is -2.71. The molecule has 1 atom stereocenters. The SMILES string of the molecule is Cc1ccccc1C1=CCNC(Cc2cncc(-c3ccccc3)c2)C1. The van der Waals surface area contributed by atoms with Gasteiger partial charge < -0.3 is 5.32 Å². The van der Waals surface area contributed by atoms with Gasteiger partial charge in [-0.1, -0.05) is 60.7 Å². The first-order chi connectivity index (χ1) is 12.8. The monoisotopic (exact) mass is 340 g/mol. The van der Waals surface area contributed by atoms with Crippen molar-refractivity contribution < 1.29 is 0 Å². The van der Waals surface area contributed by atoms with E-state index in [1.165, 1.54) is 33.4 Å². The van der Waals surface area contributed by atoms with E-state index in [0.29, 0.717) is 6.04 Å². The first-order valence-electron chi connectivity index (χ1n) is 9.27. The zero-order valence-corrected chi connectivity index (χ0v) is 15.2. The minimum absolute atomic E-state index is 0.447. The summed E-state index contributed by atoms with van der Waals surface area (Å²) in [6.45, 7) is 3.13. The summed E-state index contributed by atoms with van der Waals surface area (Å²) in [4.78, 5) is 4.48. The van der Waals surface area contributed by atoms with Crippen LogP contribution >= 0.6 is 0 Å². The van der Waals surface area contributed by atoms with Crippen molar-refractivity contribution in [3.63, 3.8) is 0 Å². The zero-order chi connectivity index (χ0) is 17.8. The third-order valence-electron chi connectivity index (χ3n) is 5.10. The average molecular weight is 340 g/mol. The molecule has 1 aliphatic heterocycles. The van der Waals surface area contributed by atoms with Gasteiger partial charge in [0.05, 0.1) is 0 Å². The highest BCUT2D eigenvalue weighted by atomic mass is 14.9. The molecule has 0 saturated carbocycles. The van der Waals surface area contributed by atoms with Gasteiger partial charge in [0, 0.05) is 30.5 Å². The average Bonchev–Trinajstić information content (AvgIpc) is 2.69. The molecule has 0 bridgehead atoms. The molecule has 0 amide bonds. The molecule has 2 heteroatoms. The summed E-state index contributed by atoms with van der Waals surface area (Å²) in [7, 11) is 0. The number of rotatable bonds is 4. The summed E-state index contributed by atoms with van der Waals surface area (Å²) in [5, 5.41) is 3.64. The van der Waals surface area contributed by atoms with Crippen LogP contribution in [-0.4, -0.2) is 17.6 Å². The Morgan fingerprint density at radius 1 is 0.962 bits per heavy atom. The van der Waals surface area contributed by atoms with Crippen LogP contribution in [0.3, 0.4) is 0 Å². The standard InChI is InChI=1S/C24H24N2/c1-18-7-5-6-10-24(18)21-11-12-26-23(15-21)14-19-13-22(17-25-16-19)20-8-3-2-4-9-20/h2-11,13,16-17,23,26H,12,14-15H2,1H3. The van der Waals surface area contributed by atoms with Crippen LogP contribution in [0.15, 0.2) is 79.1 Å². The van der Waals surface area contributed by atoms with Crippen LogP contribution in [0.1, 0.15) is 23.1 Å². The molecule has 4 rings (SSSR count). The van der Waals surface area contributed by atoms with Crippen LogP contribution in [-0.2, 0) is 6.42 Å². The van der Waals surface area contributed by atoms with Gasteiger partial charge in [-0.2, -0.15) is 0 Å². The third-order valence-corrected chi connectivity index (χ3v) is 5.10. The van der Waals surface area contributed by atoms with E-state index in [4.69, 9.17) is 0 Å². The Morgan fingerprint density at radius 2 is 1.77 bits per heavy atom. The van der Waals surface area contributed by atoms with Crippen molar-refractivity contribution in [2.24, 2.45) is 0 Å². The summed E-state index contributed by atoms with van der Waals surface area (Å²) < 4.78 is 0. The minimum atomic E-state index is 0.447. The van der Waals surface area contributed by atoms with Gasteiger partial charge in [-0.3, -0.25) is 4.98 Å². The van der Waals surface area contributed by atoms with Gasteiger partial charge in [-0.05, 0) is 53.7 Å². The van der Waals surface area contributed by atoms with Gasteiger partial charge in [0.1, 0.15) is 0 Å². The van der Waals surface area contributed by atoms with Gasteiger partial charge in [0.2, 0.25) is 0 Å². The molecule has 0 saturated heterocycles. The second-order valence-corrected chi connectivity index (χ2v) is 7.01. The molecular formula is C24H24N2. The van der Waals surface area contributed by atoms with Crippen LogP contribution in [0, 0.1) is 6.92 Å². The number of aromatic nitrogens is 1. The lowest BCUT2D eigenvalue weighted by Gasteiger charge is -2.25. The van der Waals surface area contributed by atoms with Gasteiger partial charge in [0.25, 0.3) is 0 Å². The zero-order valence-electron chi connectivity index (χ0n) is 15.2. The second kappa shape index (κ2) is 7.67. The van der Waals surface area contributed by atoms with Crippen LogP contribution in [0.2, 0.25) is 0 Å². The highest BCUT2D eigenvalue weighted by molar-refractivity contribution is 5.69. The van der Waals surface area contributed by atoms with E-state index in [0.717, 1.165) is 19.4 Å². The largest absolute Gasteiger partial charge is 0.310 e. The fraction of sp³-hybridized carbons (Fsp3) is 0.208. The smallest absolute Gasteiger partial charge is 0.0346 e. The molecule has 130 valence electrons. The first kappa shape index (κ1) is 16.7. The van der Waals surface area contributed by atoms with Crippen molar-refractivity contribution in [3.8, 4) is 11.1 Å². The molecule has 1 N–H and O–H groups in total. The van der Waals surface area contributed by atoms with E-state index in [1.54, 1.807) is 0 Å². The summed E-state index contributed by atoms with van der Waals surface area (Å²) in [6.07, 6.45) is 8.33. The van der Waals surface area contributed by atoms with Gasteiger partial charge in [0.15, 0.2) is 0 Å². The first-order valence-corrected chi connectivity index (χ1v) is 9.27. The summed E-state index contributed by atoms with van der Waals surface area (Å²) in [5.74, 6) is 0. The highest BCUT2D eigenvalue weighted by Gasteiger charge is 2.17. The molecule has 1 aromatic heterocycles. The Morgan fingerprint density at radius 3 is 2.62 bits per heavy atom. The predicted molar refractivity (Wildman–Crippen MR) is 109 cm³/mol. The molecular weight excluding hydrogens is 316 g/mol. The van der Waals surface area contributed by atoms with Crippen LogP contribution in [0.4, 0.5) is 0 Å². The normalized spacial score (nSPS) is 17.0. The fourth-order valence-corrected chi connectivity index (χ4v) is 3.74. The van der Waals surface area contributed by atoms with Crippen LogP contribution in [0.25, 0.3) is 16.7 Å². The van der Waals surface area contributed by atoms with E-state index in [2.05, 4.69) is 77.9 Å². The van der Waals surface area contributed by atoms with Gasteiger partial charge >= 0.3 is 0 Å². The highest BCUT2D eigenvalue weighted by Crippen LogP contribution is 2.27. The Balaban J connectivity index is 1.50. The molecule has 3 aromatic rings. The van der Waals surface area contributed by atoms with Crippen LogP contribution < -0.4 is 5.32 Å². The lowest BCUT2D eigenvalue weighted by atomic mass is 9.90. The topological polar surface area (TPSA) is 24.9 Å². The van der Waals surface area contributed by atoms with Crippen molar-refractivity contribution in [1.82, 2.24) is 10.3 Å². The maximum absolute atomic E-state index is 4.48. The minimum Gasteiger partial charge on any atom is -0.310 e. The lowest BCUT2D eigenvalue weighted by Crippen LogP contribution is -2.34. The summed E-state index contributed by atoms with van der Waals surface area (Å²) in [6, 6.07) is 21.9. The van der Waals surface area contributed by atoms with E-state index in [1.807, 2.05) is 18.5 Å². The number of nitrogens with zero attached hydrogens (tertiary/aromatic N) is 1. The number of pyridine rings is 1. The maximum Gasteiger partial charge on any atom is 0.0346 e. The molecule has 2 nitrogen and oxygen atoms in total. The maximum atomic E-state index is 4.48. The Labute approximate surface area is 155 Å². The molecule has 0 spiro atoms. The van der Waals surface area contributed by atoms with Crippen molar-refractivity contribution in [2.75, 3.05) is 6.54 Å². The number of hydrogen-bond donors (Lipinski definition) is 1.